The molecule has 1 N–H and O–H groups in total. The third kappa shape index (κ3) is 4.05. The lowest BCUT2D eigenvalue weighted by atomic mass is 10.1. The molecule has 0 spiro atoms. The Morgan fingerprint density at radius 1 is 1.00 bits per heavy atom. The van der Waals surface area contributed by atoms with Crippen molar-refractivity contribution in [2.75, 3.05) is 5.32 Å². The highest BCUT2D eigenvalue weighted by Crippen LogP contribution is 2.25. The van der Waals surface area contributed by atoms with Crippen LogP contribution in [-0.2, 0) is 0 Å². The van der Waals surface area contributed by atoms with Crippen LogP contribution >= 0.6 is 11.6 Å². The number of halogens is 2. The van der Waals surface area contributed by atoms with E-state index in [9.17, 15) is 9.18 Å². The summed E-state index contributed by atoms with van der Waals surface area (Å²) in [7, 11) is 0. The number of nitrogens with one attached hydrogen (secondary N) is 1. The molecule has 0 radical (unpaired) electrons. The molecule has 6 heteroatoms. The Balaban J connectivity index is 1.79. The Labute approximate surface area is 172 Å². The number of amides is 1. The van der Waals surface area contributed by atoms with Crippen molar-refractivity contribution < 1.29 is 9.18 Å². The number of hydrogen-bond donors (Lipinski definition) is 1. The zero-order valence-electron chi connectivity index (χ0n) is 15.6. The van der Waals surface area contributed by atoms with Gasteiger partial charge in [-0.05, 0) is 55.5 Å². The van der Waals surface area contributed by atoms with Crippen LogP contribution in [-0.4, -0.2) is 15.7 Å². The van der Waals surface area contributed by atoms with Gasteiger partial charge in [-0.15, -0.1) is 0 Å². The van der Waals surface area contributed by atoms with E-state index in [0.717, 1.165) is 5.56 Å². The largest absolute Gasteiger partial charge is 0.321 e. The number of carbonyl (C=O) groups excluding carboxylic acids is 1. The van der Waals surface area contributed by atoms with Crippen LogP contribution in [0.3, 0.4) is 0 Å². The van der Waals surface area contributed by atoms with Crippen molar-refractivity contribution in [3.8, 4) is 16.9 Å². The van der Waals surface area contributed by atoms with Gasteiger partial charge in [-0.25, -0.2) is 9.07 Å². The molecule has 0 saturated carbocycles. The first kappa shape index (κ1) is 18.9. The third-order valence-electron chi connectivity index (χ3n) is 4.45. The van der Waals surface area contributed by atoms with Gasteiger partial charge < -0.3 is 5.32 Å². The lowest BCUT2D eigenvalue weighted by molar-refractivity contribution is 0.101. The molecule has 0 unspecified atom stereocenters. The van der Waals surface area contributed by atoms with E-state index in [0.29, 0.717) is 27.7 Å². The average molecular weight is 406 g/mol. The van der Waals surface area contributed by atoms with Gasteiger partial charge in [0.2, 0.25) is 0 Å². The summed E-state index contributed by atoms with van der Waals surface area (Å²) < 4.78 is 15.8. The summed E-state index contributed by atoms with van der Waals surface area (Å²) >= 11 is 6.12. The van der Waals surface area contributed by atoms with Crippen LogP contribution in [0.1, 0.15) is 16.1 Å². The van der Waals surface area contributed by atoms with Gasteiger partial charge >= 0.3 is 0 Å². The van der Waals surface area contributed by atoms with Gasteiger partial charge in [-0.3, -0.25) is 4.79 Å². The van der Waals surface area contributed by atoms with Crippen LogP contribution in [0.4, 0.5) is 10.1 Å². The first-order valence-electron chi connectivity index (χ1n) is 9.00. The fraction of sp³-hybridized carbons (Fsp3) is 0.0435. The molecular formula is C23H17ClFN3O. The molecule has 1 amide bonds. The van der Waals surface area contributed by atoms with E-state index < -0.39 is 5.82 Å². The number of benzene rings is 3. The second-order valence-corrected chi connectivity index (χ2v) is 7.04. The summed E-state index contributed by atoms with van der Waals surface area (Å²) in [4.78, 5) is 13.0. The van der Waals surface area contributed by atoms with Crippen LogP contribution in [0.15, 0.2) is 78.9 Å². The van der Waals surface area contributed by atoms with E-state index in [1.54, 1.807) is 48.5 Å². The van der Waals surface area contributed by atoms with E-state index in [4.69, 9.17) is 11.6 Å². The van der Waals surface area contributed by atoms with Gasteiger partial charge in [0.15, 0.2) is 0 Å². The van der Waals surface area contributed by atoms with E-state index in [1.807, 2.05) is 31.2 Å². The van der Waals surface area contributed by atoms with Crippen molar-refractivity contribution >= 4 is 23.2 Å². The van der Waals surface area contributed by atoms with Gasteiger partial charge in [-0.2, -0.15) is 5.10 Å². The zero-order valence-corrected chi connectivity index (χ0v) is 16.3. The van der Waals surface area contributed by atoms with Gasteiger partial charge in [-0.1, -0.05) is 47.5 Å². The summed E-state index contributed by atoms with van der Waals surface area (Å²) in [5.41, 5.74) is 3.30. The number of rotatable bonds is 4. The standard InChI is InChI=1S/C23H17ClFN3O/c1-15-9-11-17(12-10-15)26-23(29)22-14-21(19-7-2-3-8-20(19)25)27-28(22)18-6-4-5-16(24)13-18/h2-14H,1H3,(H,26,29). The predicted octanol–water partition coefficient (Wildman–Crippen LogP) is 5.89. The lowest BCUT2D eigenvalue weighted by Crippen LogP contribution is -2.16. The topological polar surface area (TPSA) is 46.9 Å². The maximum absolute atomic E-state index is 14.3. The van der Waals surface area contributed by atoms with Crippen LogP contribution in [0.25, 0.3) is 16.9 Å². The molecule has 144 valence electrons. The highest BCUT2D eigenvalue weighted by Gasteiger charge is 2.19. The van der Waals surface area contributed by atoms with Crippen LogP contribution in [0.2, 0.25) is 5.02 Å². The zero-order chi connectivity index (χ0) is 20.4. The van der Waals surface area contributed by atoms with Crippen LogP contribution in [0, 0.1) is 12.7 Å². The fourth-order valence-corrected chi connectivity index (χ4v) is 3.16. The van der Waals surface area contributed by atoms with Crippen molar-refractivity contribution in [3.05, 3.63) is 101 Å². The Morgan fingerprint density at radius 2 is 1.76 bits per heavy atom. The number of carbonyl (C=O) groups is 1. The summed E-state index contributed by atoms with van der Waals surface area (Å²) in [5, 5.41) is 7.86. The number of hydrogen-bond acceptors (Lipinski definition) is 2. The Hall–Kier alpha value is -3.44. The highest BCUT2D eigenvalue weighted by atomic mass is 35.5. The van der Waals surface area contributed by atoms with E-state index >= 15 is 0 Å². The molecule has 0 aliphatic rings. The molecular weight excluding hydrogens is 389 g/mol. The summed E-state index contributed by atoms with van der Waals surface area (Å²) in [6, 6.07) is 22.3. The van der Waals surface area contributed by atoms with Crippen molar-refractivity contribution in [2.24, 2.45) is 0 Å². The Kier molecular flexibility index (Phi) is 5.14. The maximum atomic E-state index is 14.3. The third-order valence-corrected chi connectivity index (χ3v) is 4.69. The molecule has 0 saturated heterocycles. The van der Waals surface area contributed by atoms with Crippen LogP contribution < -0.4 is 5.32 Å². The number of aromatic nitrogens is 2. The van der Waals surface area contributed by atoms with Crippen molar-refractivity contribution in [1.29, 1.82) is 0 Å². The van der Waals surface area contributed by atoms with E-state index in [1.165, 1.54) is 10.7 Å². The molecule has 29 heavy (non-hydrogen) atoms. The van der Waals surface area contributed by atoms with Gasteiger partial charge in [0.25, 0.3) is 5.91 Å². The molecule has 4 nitrogen and oxygen atoms in total. The van der Waals surface area contributed by atoms with Gasteiger partial charge in [0, 0.05) is 16.3 Å². The van der Waals surface area contributed by atoms with Gasteiger partial charge in [0.05, 0.1) is 11.4 Å². The molecule has 0 fully saturated rings. The van der Waals surface area contributed by atoms with Crippen LogP contribution in [0.5, 0.6) is 0 Å². The smallest absolute Gasteiger partial charge is 0.274 e. The number of nitrogens with zero attached hydrogens (tertiary/aromatic N) is 2. The predicted molar refractivity (Wildman–Crippen MR) is 113 cm³/mol. The van der Waals surface area contributed by atoms with E-state index in [2.05, 4.69) is 10.4 Å². The quantitative estimate of drug-likeness (QED) is 0.460. The molecule has 1 aromatic heterocycles. The molecule has 0 aliphatic heterocycles. The van der Waals surface area contributed by atoms with Crippen molar-refractivity contribution in [2.45, 2.75) is 6.92 Å². The summed E-state index contributed by atoms with van der Waals surface area (Å²) in [5.74, 6) is -0.766. The minimum Gasteiger partial charge on any atom is -0.321 e. The highest BCUT2D eigenvalue weighted by molar-refractivity contribution is 6.30. The lowest BCUT2D eigenvalue weighted by Gasteiger charge is -2.09. The second kappa shape index (κ2) is 7.89. The average Bonchev–Trinajstić information content (AvgIpc) is 3.15. The minimum atomic E-state index is -0.409. The number of anilines is 1. The van der Waals surface area contributed by atoms with Gasteiger partial charge in [0.1, 0.15) is 11.5 Å². The second-order valence-electron chi connectivity index (χ2n) is 6.61. The monoisotopic (exact) mass is 405 g/mol. The van der Waals surface area contributed by atoms with Crippen molar-refractivity contribution in [3.63, 3.8) is 0 Å². The maximum Gasteiger partial charge on any atom is 0.274 e. The minimum absolute atomic E-state index is 0.270. The Bertz CT molecular complexity index is 1180. The first-order chi connectivity index (χ1) is 14.0. The van der Waals surface area contributed by atoms with E-state index in [-0.39, 0.29) is 11.6 Å². The summed E-state index contributed by atoms with van der Waals surface area (Å²) in [6.07, 6.45) is 0. The molecule has 0 aliphatic carbocycles. The molecule has 3 aromatic carbocycles. The SMILES string of the molecule is Cc1ccc(NC(=O)c2cc(-c3ccccc3F)nn2-c2cccc(Cl)c2)cc1. The fourth-order valence-electron chi connectivity index (χ4n) is 2.98. The number of aryl methyl sites for hydroxylation is 1. The first-order valence-corrected chi connectivity index (χ1v) is 9.38. The van der Waals surface area contributed by atoms with Crippen molar-refractivity contribution in [1.82, 2.24) is 9.78 Å². The Morgan fingerprint density at radius 3 is 2.48 bits per heavy atom. The summed E-state index contributed by atoms with van der Waals surface area (Å²) in [6.45, 7) is 1.97. The molecule has 4 rings (SSSR count). The molecule has 0 atom stereocenters. The molecule has 1 heterocycles. The molecule has 4 aromatic rings. The molecule has 0 bridgehead atoms. The normalized spacial score (nSPS) is 10.7.